The number of para-hydroxylation sites is 1. The van der Waals surface area contributed by atoms with Crippen LogP contribution in [-0.4, -0.2) is 52.7 Å². The van der Waals surface area contributed by atoms with Gasteiger partial charge in [0.2, 0.25) is 5.95 Å². The zero-order valence-electron chi connectivity index (χ0n) is 25.0. The van der Waals surface area contributed by atoms with Crippen molar-refractivity contribution in [2.45, 2.75) is 25.4 Å². The van der Waals surface area contributed by atoms with Crippen molar-refractivity contribution >= 4 is 45.9 Å². The fourth-order valence-electron chi connectivity index (χ4n) is 6.49. The van der Waals surface area contributed by atoms with Gasteiger partial charge < -0.3 is 25.2 Å². The molecule has 2 aliphatic heterocycles. The lowest BCUT2D eigenvalue weighted by Gasteiger charge is -2.38. The Bertz CT molecular complexity index is 1980. The van der Waals surface area contributed by atoms with E-state index in [0.29, 0.717) is 47.4 Å². The Labute approximate surface area is 265 Å². The number of carbonyl (C=O) groups is 1. The molecule has 2 aliphatic rings. The van der Waals surface area contributed by atoms with Crippen LogP contribution in [-0.2, 0) is 6.54 Å². The lowest BCUT2D eigenvalue weighted by Crippen LogP contribution is -2.46. The maximum Gasteiger partial charge on any atom is 0.264 e. The zero-order valence-corrected chi connectivity index (χ0v) is 25.7. The number of methoxy groups -OCH3 is 1. The van der Waals surface area contributed by atoms with E-state index in [2.05, 4.69) is 14.9 Å². The number of benzene rings is 3. The summed E-state index contributed by atoms with van der Waals surface area (Å²) in [7, 11) is 3.41. The molecule has 0 saturated carbocycles. The lowest BCUT2D eigenvalue weighted by atomic mass is 10.0. The Hall–Kier alpha value is -5.09. The van der Waals surface area contributed by atoms with Crippen LogP contribution in [0.5, 0.6) is 5.75 Å². The number of anilines is 3. The second-order valence-corrected chi connectivity index (χ2v) is 11.8. The smallest absolute Gasteiger partial charge is 0.264 e. The standard InChI is InChI=1S/C34H32ClN7O3/c1-39-20-40(19-21-13-15-24(45-2)16-14-21)30-29(32(39)43)31(38-34(36)37-30)41-17-7-12-26(41)27-18-22-8-6-11-25(35)28(22)33(44)42(27)23-9-4-3-5-10-23/h3-6,8-11,13-16,18,26H,7,12,17,19-20H2,1-2H3,(H2,36,37,38)/t26-/m0/s1. The molecule has 4 heterocycles. The van der Waals surface area contributed by atoms with Crippen LogP contribution in [0.1, 0.15) is 40.5 Å². The summed E-state index contributed by atoms with van der Waals surface area (Å²) in [5.74, 6) is 1.63. The van der Waals surface area contributed by atoms with E-state index < -0.39 is 0 Å². The molecular weight excluding hydrogens is 590 g/mol. The molecule has 3 aromatic carbocycles. The molecule has 2 aromatic heterocycles. The molecule has 0 aliphatic carbocycles. The first-order valence-corrected chi connectivity index (χ1v) is 15.2. The highest BCUT2D eigenvalue weighted by atomic mass is 35.5. The number of amides is 1. The van der Waals surface area contributed by atoms with Gasteiger partial charge in [-0.25, -0.2) is 0 Å². The van der Waals surface area contributed by atoms with E-state index in [1.54, 1.807) is 29.7 Å². The molecule has 0 spiro atoms. The number of hydrogen-bond donors (Lipinski definition) is 1. The Kier molecular flexibility index (Phi) is 7.29. The van der Waals surface area contributed by atoms with E-state index in [9.17, 15) is 9.59 Å². The van der Waals surface area contributed by atoms with Gasteiger partial charge >= 0.3 is 0 Å². The summed E-state index contributed by atoms with van der Waals surface area (Å²) in [5, 5.41) is 1.62. The van der Waals surface area contributed by atoms with Crippen molar-refractivity contribution in [3.63, 3.8) is 0 Å². The maximum atomic E-state index is 14.1. The summed E-state index contributed by atoms with van der Waals surface area (Å²) >= 11 is 6.56. The van der Waals surface area contributed by atoms with Crippen molar-refractivity contribution in [1.29, 1.82) is 0 Å². The van der Waals surface area contributed by atoms with E-state index in [0.717, 1.165) is 40.9 Å². The highest BCUT2D eigenvalue weighted by Crippen LogP contribution is 2.42. The summed E-state index contributed by atoms with van der Waals surface area (Å²) < 4.78 is 7.05. The molecule has 0 radical (unpaired) electrons. The van der Waals surface area contributed by atoms with Crippen LogP contribution in [0.4, 0.5) is 17.6 Å². The number of aromatic nitrogens is 3. The number of ether oxygens (including phenoxy) is 1. The average molecular weight is 622 g/mol. The van der Waals surface area contributed by atoms with Gasteiger partial charge in [0.15, 0.2) is 5.82 Å². The summed E-state index contributed by atoms with van der Waals surface area (Å²) in [6.07, 6.45) is 1.58. The molecule has 7 rings (SSSR count). The summed E-state index contributed by atoms with van der Waals surface area (Å²) in [4.78, 5) is 43.1. The number of nitrogen functional groups attached to an aromatic ring is 1. The van der Waals surface area contributed by atoms with Gasteiger partial charge in [-0.1, -0.05) is 54.1 Å². The SMILES string of the molecule is COc1ccc(CN2CN(C)C(=O)c3c2nc(N)nc3N2CCC[C@H]2c2cc3cccc(Cl)c3c(=O)n2-c2ccccc2)cc1. The van der Waals surface area contributed by atoms with E-state index in [-0.39, 0.29) is 23.5 Å². The third-order valence-electron chi connectivity index (χ3n) is 8.57. The number of fused-ring (bicyclic) bond motifs is 2. The van der Waals surface area contributed by atoms with Gasteiger partial charge in [0, 0.05) is 31.5 Å². The molecule has 0 bridgehead atoms. The molecule has 0 unspecified atom stereocenters. The zero-order chi connectivity index (χ0) is 31.2. The molecule has 1 fully saturated rings. The van der Waals surface area contributed by atoms with Gasteiger partial charge in [0.1, 0.15) is 17.1 Å². The minimum Gasteiger partial charge on any atom is -0.497 e. The molecular formula is C34H32ClN7O3. The monoisotopic (exact) mass is 621 g/mol. The Balaban J connectivity index is 1.37. The minimum absolute atomic E-state index is 0.0808. The Morgan fingerprint density at radius 1 is 0.978 bits per heavy atom. The number of nitrogens with two attached hydrogens (primary N) is 1. The fraction of sp³-hybridized carbons (Fsp3) is 0.235. The third-order valence-corrected chi connectivity index (χ3v) is 8.88. The quantitative estimate of drug-likeness (QED) is 0.268. The van der Waals surface area contributed by atoms with Gasteiger partial charge in [-0.3, -0.25) is 14.2 Å². The van der Waals surface area contributed by atoms with Crippen molar-refractivity contribution in [1.82, 2.24) is 19.4 Å². The molecule has 1 atom stereocenters. The molecule has 5 aromatic rings. The summed E-state index contributed by atoms with van der Waals surface area (Å²) in [5.41, 5.74) is 9.11. The van der Waals surface area contributed by atoms with Gasteiger partial charge in [-0.05, 0) is 60.2 Å². The van der Waals surface area contributed by atoms with E-state index in [1.807, 2.05) is 77.7 Å². The van der Waals surface area contributed by atoms with Crippen molar-refractivity contribution in [3.05, 3.63) is 111 Å². The molecule has 2 N–H and O–H groups in total. The molecule has 1 saturated heterocycles. The van der Waals surface area contributed by atoms with E-state index in [4.69, 9.17) is 22.1 Å². The van der Waals surface area contributed by atoms with Crippen molar-refractivity contribution in [2.75, 3.05) is 42.9 Å². The number of nitrogens with zero attached hydrogens (tertiary/aromatic N) is 6. The van der Waals surface area contributed by atoms with E-state index >= 15 is 0 Å². The summed E-state index contributed by atoms with van der Waals surface area (Å²) in [6.45, 7) is 1.47. The van der Waals surface area contributed by atoms with E-state index in [1.165, 1.54) is 0 Å². The normalized spacial score (nSPS) is 16.4. The van der Waals surface area contributed by atoms with Crippen LogP contribution in [0.3, 0.4) is 0 Å². The largest absolute Gasteiger partial charge is 0.497 e. The number of carbonyl (C=O) groups excluding carboxylic acids is 1. The highest BCUT2D eigenvalue weighted by Gasteiger charge is 2.38. The Morgan fingerprint density at radius 3 is 2.49 bits per heavy atom. The first kappa shape index (κ1) is 28.7. The molecule has 10 nitrogen and oxygen atoms in total. The molecule has 1 amide bonds. The second kappa shape index (κ2) is 11.4. The number of halogens is 1. The maximum absolute atomic E-state index is 14.1. The molecule has 11 heteroatoms. The van der Waals surface area contributed by atoms with Gasteiger partial charge in [-0.15, -0.1) is 0 Å². The number of rotatable bonds is 6. The average Bonchev–Trinajstić information content (AvgIpc) is 3.54. The third kappa shape index (κ3) is 5.01. The van der Waals surface area contributed by atoms with Crippen molar-refractivity contribution < 1.29 is 9.53 Å². The predicted molar refractivity (Wildman–Crippen MR) is 176 cm³/mol. The van der Waals surface area contributed by atoms with Crippen LogP contribution >= 0.6 is 11.6 Å². The lowest BCUT2D eigenvalue weighted by molar-refractivity contribution is 0.0780. The second-order valence-electron chi connectivity index (χ2n) is 11.4. The van der Waals surface area contributed by atoms with Crippen LogP contribution in [0.2, 0.25) is 5.02 Å². The van der Waals surface area contributed by atoms with Crippen LogP contribution in [0.15, 0.2) is 83.7 Å². The molecule has 228 valence electrons. The van der Waals surface area contributed by atoms with Gasteiger partial charge in [0.05, 0.1) is 30.2 Å². The Morgan fingerprint density at radius 2 is 1.73 bits per heavy atom. The first-order valence-electron chi connectivity index (χ1n) is 14.8. The number of pyridine rings is 1. The first-order chi connectivity index (χ1) is 21.8. The summed E-state index contributed by atoms with van der Waals surface area (Å²) in [6, 6.07) is 24.6. The number of hydrogen-bond acceptors (Lipinski definition) is 8. The fourth-order valence-corrected chi connectivity index (χ4v) is 6.75. The van der Waals surface area contributed by atoms with Crippen molar-refractivity contribution in [3.8, 4) is 11.4 Å². The van der Waals surface area contributed by atoms with Crippen LogP contribution in [0, 0.1) is 0 Å². The van der Waals surface area contributed by atoms with Crippen LogP contribution in [0.25, 0.3) is 16.5 Å². The topological polar surface area (TPSA) is 110 Å². The van der Waals surface area contributed by atoms with Crippen LogP contribution < -0.4 is 25.8 Å². The van der Waals surface area contributed by atoms with Gasteiger partial charge in [0.25, 0.3) is 11.5 Å². The highest BCUT2D eigenvalue weighted by molar-refractivity contribution is 6.35. The minimum atomic E-state index is -0.269. The predicted octanol–water partition coefficient (Wildman–Crippen LogP) is 5.42. The van der Waals surface area contributed by atoms with Gasteiger partial charge in [-0.2, -0.15) is 9.97 Å². The molecule has 45 heavy (non-hydrogen) atoms. The van der Waals surface area contributed by atoms with Crippen molar-refractivity contribution in [2.24, 2.45) is 0 Å².